The molecule has 1 aromatic carbocycles. The molecule has 1 fully saturated rings. The van der Waals surface area contributed by atoms with Crippen LogP contribution in [0.4, 0.5) is 0 Å². The Hall–Kier alpha value is -1.75. The monoisotopic (exact) mass is 333 g/mol. The minimum Gasteiger partial charge on any atom is -0.490 e. The van der Waals surface area contributed by atoms with Crippen LogP contribution >= 0.6 is 0 Å². The van der Waals surface area contributed by atoms with Crippen LogP contribution in [0.25, 0.3) is 0 Å². The summed E-state index contributed by atoms with van der Waals surface area (Å²) in [6, 6.07) is 6.04. The summed E-state index contributed by atoms with van der Waals surface area (Å²) in [7, 11) is 0. The molecule has 0 N–H and O–H groups in total. The molecule has 24 heavy (non-hydrogen) atoms. The Morgan fingerprint density at radius 3 is 2.75 bits per heavy atom. The van der Waals surface area contributed by atoms with Crippen molar-refractivity contribution < 1.29 is 19.0 Å². The van der Waals surface area contributed by atoms with Gasteiger partial charge in [0.25, 0.3) is 0 Å². The summed E-state index contributed by atoms with van der Waals surface area (Å²) in [6.07, 6.45) is 4.80. The van der Waals surface area contributed by atoms with Crippen molar-refractivity contribution in [2.24, 2.45) is 5.16 Å². The third-order valence-corrected chi connectivity index (χ3v) is 4.40. The largest absolute Gasteiger partial charge is 0.490 e. The molecule has 0 aromatic heterocycles. The predicted octanol–water partition coefficient (Wildman–Crippen LogP) is 3.94. The van der Waals surface area contributed by atoms with Crippen molar-refractivity contribution in [2.75, 3.05) is 26.4 Å². The number of nitrogens with zero attached hydrogens (tertiary/aromatic N) is 1. The fourth-order valence-electron chi connectivity index (χ4n) is 2.93. The van der Waals surface area contributed by atoms with Crippen LogP contribution in [-0.2, 0) is 9.57 Å². The van der Waals surface area contributed by atoms with Gasteiger partial charge in [-0.1, -0.05) is 25.4 Å². The van der Waals surface area contributed by atoms with E-state index < -0.39 is 0 Å². The Morgan fingerprint density at radius 1 is 1.12 bits per heavy atom. The van der Waals surface area contributed by atoms with Crippen LogP contribution in [0.2, 0.25) is 0 Å². The highest BCUT2D eigenvalue weighted by Gasteiger charge is 2.43. The number of hydrogen-bond donors (Lipinski definition) is 0. The van der Waals surface area contributed by atoms with Crippen LogP contribution < -0.4 is 9.47 Å². The van der Waals surface area contributed by atoms with Gasteiger partial charge in [-0.2, -0.15) is 0 Å². The van der Waals surface area contributed by atoms with Crippen LogP contribution in [0.15, 0.2) is 23.4 Å². The van der Waals surface area contributed by atoms with E-state index in [1.165, 1.54) is 0 Å². The molecule has 2 aliphatic rings. The molecule has 5 nitrogen and oxygen atoms in total. The van der Waals surface area contributed by atoms with Crippen molar-refractivity contribution in [3.05, 3.63) is 23.8 Å². The molecule has 5 heteroatoms. The van der Waals surface area contributed by atoms with E-state index in [2.05, 4.69) is 19.0 Å². The van der Waals surface area contributed by atoms with Gasteiger partial charge < -0.3 is 19.0 Å². The third-order valence-electron chi connectivity index (χ3n) is 4.40. The Bertz CT molecular complexity index is 579. The maximum atomic E-state index is 5.89. The first-order valence-corrected chi connectivity index (χ1v) is 8.99. The molecule has 3 rings (SSSR count). The maximum Gasteiger partial charge on any atom is 0.168 e. The van der Waals surface area contributed by atoms with E-state index in [0.29, 0.717) is 19.8 Å². The highest BCUT2D eigenvalue weighted by atomic mass is 16.7. The van der Waals surface area contributed by atoms with E-state index in [0.717, 1.165) is 61.5 Å². The van der Waals surface area contributed by atoms with Gasteiger partial charge in [-0.25, -0.2) is 0 Å². The Kier molecular flexibility index (Phi) is 5.61. The molecule has 0 saturated carbocycles. The molecule has 1 saturated heterocycles. The lowest BCUT2D eigenvalue weighted by Gasteiger charge is -2.17. The predicted molar refractivity (Wildman–Crippen MR) is 93.0 cm³/mol. The molecule has 0 aliphatic carbocycles. The standard InChI is InChI=1S/C19H27NO4/c1-3-5-10-23-17-7-6-15(12-18(17)22-9-4-2)16-13-19(24-20-16)8-11-21-14-19/h6-7,12H,3-5,8-11,13-14H2,1-2H3. The molecule has 0 bridgehead atoms. The van der Waals surface area contributed by atoms with Crippen LogP contribution in [0.1, 0.15) is 51.5 Å². The van der Waals surface area contributed by atoms with Crippen molar-refractivity contribution >= 4 is 5.71 Å². The molecule has 1 atom stereocenters. The maximum absolute atomic E-state index is 5.89. The summed E-state index contributed by atoms with van der Waals surface area (Å²) in [5.74, 6) is 1.59. The zero-order valence-corrected chi connectivity index (χ0v) is 14.7. The van der Waals surface area contributed by atoms with E-state index in [4.69, 9.17) is 19.0 Å². The van der Waals surface area contributed by atoms with Crippen LogP contribution in [0, 0.1) is 0 Å². The van der Waals surface area contributed by atoms with Gasteiger partial charge in [0.15, 0.2) is 17.1 Å². The second-order valence-corrected chi connectivity index (χ2v) is 6.50. The highest BCUT2D eigenvalue weighted by molar-refractivity contribution is 6.02. The van der Waals surface area contributed by atoms with E-state index in [9.17, 15) is 0 Å². The second-order valence-electron chi connectivity index (χ2n) is 6.50. The number of unbranched alkanes of at least 4 members (excludes halogenated alkanes) is 1. The minimum atomic E-state index is -0.254. The van der Waals surface area contributed by atoms with Gasteiger partial charge in [-0.15, -0.1) is 0 Å². The Labute approximate surface area is 143 Å². The quantitative estimate of drug-likeness (QED) is 0.676. The van der Waals surface area contributed by atoms with E-state index in [1.54, 1.807) is 0 Å². The van der Waals surface area contributed by atoms with Crippen molar-refractivity contribution in [1.29, 1.82) is 0 Å². The van der Waals surface area contributed by atoms with Gasteiger partial charge >= 0.3 is 0 Å². The minimum absolute atomic E-state index is 0.254. The van der Waals surface area contributed by atoms with Crippen LogP contribution in [0.5, 0.6) is 11.5 Å². The summed E-state index contributed by atoms with van der Waals surface area (Å²) >= 11 is 0. The smallest absolute Gasteiger partial charge is 0.168 e. The van der Waals surface area contributed by atoms with Gasteiger partial charge in [0.2, 0.25) is 0 Å². The normalized spacial score (nSPS) is 22.5. The number of oxime groups is 1. The van der Waals surface area contributed by atoms with Gasteiger partial charge in [0.1, 0.15) is 0 Å². The first-order chi connectivity index (χ1) is 11.8. The van der Waals surface area contributed by atoms with Gasteiger partial charge in [-0.3, -0.25) is 0 Å². The molecule has 1 unspecified atom stereocenters. The van der Waals surface area contributed by atoms with Crippen LogP contribution in [-0.4, -0.2) is 37.7 Å². The lowest BCUT2D eigenvalue weighted by Crippen LogP contribution is -2.29. The molecule has 2 aliphatic heterocycles. The molecule has 2 heterocycles. The molecule has 0 radical (unpaired) electrons. The summed E-state index contributed by atoms with van der Waals surface area (Å²) in [5, 5.41) is 4.31. The Balaban J connectivity index is 1.73. The van der Waals surface area contributed by atoms with Gasteiger partial charge in [0.05, 0.1) is 32.1 Å². The highest BCUT2D eigenvalue weighted by Crippen LogP contribution is 2.36. The fraction of sp³-hybridized carbons (Fsp3) is 0.632. The Morgan fingerprint density at radius 2 is 2.00 bits per heavy atom. The molecular formula is C19H27NO4. The molecule has 1 aromatic rings. The molecular weight excluding hydrogens is 306 g/mol. The van der Waals surface area contributed by atoms with E-state index >= 15 is 0 Å². The molecule has 1 spiro atoms. The number of benzene rings is 1. The zero-order chi connectivity index (χ0) is 16.8. The molecule has 0 amide bonds. The van der Waals surface area contributed by atoms with Crippen molar-refractivity contribution in [3.8, 4) is 11.5 Å². The van der Waals surface area contributed by atoms with E-state index in [-0.39, 0.29) is 5.60 Å². The number of hydrogen-bond acceptors (Lipinski definition) is 5. The summed E-state index contributed by atoms with van der Waals surface area (Å²) < 4.78 is 17.2. The first kappa shape index (κ1) is 17.1. The number of rotatable bonds is 8. The average Bonchev–Trinajstić information content (AvgIpc) is 3.24. The van der Waals surface area contributed by atoms with Gasteiger partial charge in [0, 0.05) is 18.4 Å². The van der Waals surface area contributed by atoms with Crippen LogP contribution in [0.3, 0.4) is 0 Å². The number of ether oxygens (including phenoxy) is 3. The lowest BCUT2D eigenvalue weighted by molar-refractivity contribution is -0.0237. The zero-order valence-electron chi connectivity index (χ0n) is 14.7. The van der Waals surface area contributed by atoms with Crippen molar-refractivity contribution in [3.63, 3.8) is 0 Å². The summed E-state index contributed by atoms with van der Waals surface area (Å²) in [4.78, 5) is 5.69. The lowest BCUT2D eigenvalue weighted by atomic mass is 9.93. The van der Waals surface area contributed by atoms with Crippen molar-refractivity contribution in [1.82, 2.24) is 0 Å². The first-order valence-electron chi connectivity index (χ1n) is 8.99. The fourth-order valence-corrected chi connectivity index (χ4v) is 2.93. The van der Waals surface area contributed by atoms with Crippen molar-refractivity contribution in [2.45, 2.75) is 51.6 Å². The average molecular weight is 333 g/mol. The SMILES string of the molecule is CCCCOc1ccc(C2=NOC3(CCOC3)C2)cc1OCCC. The summed E-state index contributed by atoms with van der Waals surface area (Å²) in [6.45, 7) is 7.01. The summed E-state index contributed by atoms with van der Waals surface area (Å²) in [5.41, 5.74) is 1.74. The second kappa shape index (κ2) is 7.88. The third kappa shape index (κ3) is 3.83. The van der Waals surface area contributed by atoms with Gasteiger partial charge in [-0.05, 0) is 31.0 Å². The molecule has 132 valence electrons. The van der Waals surface area contributed by atoms with E-state index in [1.807, 2.05) is 18.2 Å². The topological polar surface area (TPSA) is 49.3 Å².